The Kier molecular flexibility index (Phi) is 3.20. The van der Waals surface area contributed by atoms with E-state index in [-0.39, 0.29) is 5.75 Å². The standard InChI is InChI=1S/C12H10N2O3/c15-10-4-1-3-9(7-10)12(16)14-13-8-11-5-2-6-17-11/h1-8,15H,(H,14,16)/b13-8-. The average Bonchev–Trinajstić information content (AvgIpc) is 2.82. The lowest BCUT2D eigenvalue weighted by Crippen LogP contribution is -2.17. The quantitative estimate of drug-likeness (QED) is 0.623. The predicted octanol–water partition coefficient (Wildman–Crippen LogP) is 1.75. The molecule has 1 amide bonds. The van der Waals surface area contributed by atoms with E-state index < -0.39 is 5.91 Å². The molecule has 1 aromatic heterocycles. The number of furan rings is 1. The van der Waals surface area contributed by atoms with Gasteiger partial charge >= 0.3 is 0 Å². The van der Waals surface area contributed by atoms with Gasteiger partial charge in [0.1, 0.15) is 11.5 Å². The number of hydrogen-bond donors (Lipinski definition) is 2. The number of phenolic OH excluding ortho intramolecular Hbond substituents is 1. The summed E-state index contributed by atoms with van der Waals surface area (Å²) in [5.41, 5.74) is 2.66. The highest BCUT2D eigenvalue weighted by Gasteiger charge is 2.04. The van der Waals surface area contributed by atoms with Gasteiger partial charge in [-0.15, -0.1) is 0 Å². The molecule has 0 unspecified atom stereocenters. The fourth-order valence-electron chi connectivity index (χ4n) is 1.23. The van der Waals surface area contributed by atoms with E-state index in [1.54, 1.807) is 24.3 Å². The van der Waals surface area contributed by atoms with Crippen molar-refractivity contribution in [3.63, 3.8) is 0 Å². The number of amides is 1. The van der Waals surface area contributed by atoms with Gasteiger partial charge in [0.15, 0.2) is 0 Å². The first kappa shape index (κ1) is 10.9. The van der Waals surface area contributed by atoms with Gasteiger partial charge in [-0.3, -0.25) is 4.79 Å². The molecule has 0 fully saturated rings. The van der Waals surface area contributed by atoms with Gasteiger partial charge in [0.05, 0.1) is 12.5 Å². The number of phenols is 1. The Balaban J connectivity index is 1.98. The minimum Gasteiger partial charge on any atom is -0.508 e. The van der Waals surface area contributed by atoms with Crippen molar-refractivity contribution in [3.8, 4) is 5.75 Å². The highest BCUT2D eigenvalue weighted by molar-refractivity contribution is 5.95. The summed E-state index contributed by atoms with van der Waals surface area (Å²) in [6.07, 6.45) is 2.90. The molecule has 0 aliphatic rings. The lowest BCUT2D eigenvalue weighted by molar-refractivity contribution is 0.0954. The van der Waals surface area contributed by atoms with Crippen LogP contribution in [-0.4, -0.2) is 17.2 Å². The number of carbonyl (C=O) groups is 1. The van der Waals surface area contributed by atoms with E-state index in [0.717, 1.165) is 0 Å². The molecular weight excluding hydrogens is 220 g/mol. The smallest absolute Gasteiger partial charge is 0.271 e. The maximum Gasteiger partial charge on any atom is 0.271 e. The van der Waals surface area contributed by atoms with Crippen LogP contribution in [-0.2, 0) is 0 Å². The zero-order valence-corrected chi connectivity index (χ0v) is 8.83. The summed E-state index contributed by atoms with van der Waals surface area (Å²) in [6.45, 7) is 0. The van der Waals surface area contributed by atoms with Crippen LogP contribution in [0.25, 0.3) is 0 Å². The van der Waals surface area contributed by atoms with E-state index in [9.17, 15) is 9.90 Å². The normalized spacial score (nSPS) is 10.6. The van der Waals surface area contributed by atoms with E-state index >= 15 is 0 Å². The Bertz CT molecular complexity index is 532. The zero-order chi connectivity index (χ0) is 12.1. The monoisotopic (exact) mass is 230 g/mol. The summed E-state index contributed by atoms with van der Waals surface area (Å²) in [5, 5.41) is 12.9. The second kappa shape index (κ2) is 4.98. The molecule has 0 saturated heterocycles. The molecule has 0 saturated carbocycles. The third-order valence-corrected chi connectivity index (χ3v) is 2.01. The van der Waals surface area contributed by atoms with Gasteiger partial charge in [-0.2, -0.15) is 5.10 Å². The van der Waals surface area contributed by atoms with Crippen LogP contribution in [0.4, 0.5) is 0 Å². The Morgan fingerprint density at radius 1 is 1.35 bits per heavy atom. The number of hydrazone groups is 1. The summed E-state index contributed by atoms with van der Waals surface area (Å²) < 4.78 is 5.00. The Morgan fingerprint density at radius 3 is 2.94 bits per heavy atom. The Morgan fingerprint density at radius 2 is 2.24 bits per heavy atom. The molecule has 0 aliphatic heterocycles. The van der Waals surface area contributed by atoms with Crippen LogP contribution in [0.5, 0.6) is 5.75 Å². The molecule has 2 N–H and O–H groups in total. The van der Waals surface area contributed by atoms with Crippen LogP contribution in [0.2, 0.25) is 0 Å². The second-order valence-electron chi connectivity index (χ2n) is 3.26. The highest BCUT2D eigenvalue weighted by Crippen LogP contribution is 2.10. The van der Waals surface area contributed by atoms with Crippen molar-refractivity contribution in [2.24, 2.45) is 5.10 Å². The van der Waals surface area contributed by atoms with Crippen LogP contribution < -0.4 is 5.43 Å². The summed E-state index contributed by atoms with van der Waals surface area (Å²) in [5.74, 6) is 0.178. The molecule has 86 valence electrons. The van der Waals surface area contributed by atoms with E-state index in [0.29, 0.717) is 11.3 Å². The number of benzene rings is 1. The maximum atomic E-state index is 11.6. The average molecular weight is 230 g/mol. The highest BCUT2D eigenvalue weighted by atomic mass is 16.3. The lowest BCUT2D eigenvalue weighted by atomic mass is 10.2. The second-order valence-corrected chi connectivity index (χ2v) is 3.26. The third kappa shape index (κ3) is 2.94. The first-order valence-electron chi connectivity index (χ1n) is 4.91. The van der Waals surface area contributed by atoms with Crippen LogP contribution >= 0.6 is 0 Å². The van der Waals surface area contributed by atoms with Gasteiger partial charge < -0.3 is 9.52 Å². The fourth-order valence-corrected chi connectivity index (χ4v) is 1.23. The first-order valence-corrected chi connectivity index (χ1v) is 4.91. The van der Waals surface area contributed by atoms with Gasteiger partial charge in [0.25, 0.3) is 5.91 Å². The number of nitrogens with one attached hydrogen (secondary N) is 1. The van der Waals surface area contributed by atoms with Crippen LogP contribution in [0.15, 0.2) is 52.2 Å². The summed E-state index contributed by atoms with van der Waals surface area (Å²) >= 11 is 0. The molecule has 17 heavy (non-hydrogen) atoms. The Labute approximate surface area is 97.4 Å². The van der Waals surface area contributed by atoms with Gasteiger partial charge in [-0.1, -0.05) is 6.07 Å². The van der Waals surface area contributed by atoms with Crippen molar-refractivity contribution < 1.29 is 14.3 Å². The fraction of sp³-hybridized carbons (Fsp3) is 0. The van der Waals surface area contributed by atoms with Crippen molar-refractivity contribution in [1.29, 1.82) is 0 Å². The van der Waals surface area contributed by atoms with E-state index in [4.69, 9.17) is 4.42 Å². The predicted molar refractivity (Wildman–Crippen MR) is 61.9 cm³/mol. The summed E-state index contributed by atoms with van der Waals surface area (Å²) in [6, 6.07) is 9.45. The molecule has 0 atom stereocenters. The van der Waals surface area contributed by atoms with Crippen molar-refractivity contribution in [3.05, 3.63) is 54.0 Å². The van der Waals surface area contributed by atoms with Crippen LogP contribution in [0.3, 0.4) is 0 Å². The number of carbonyl (C=O) groups excluding carboxylic acids is 1. The maximum absolute atomic E-state index is 11.6. The zero-order valence-electron chi connectivity index (χ0n) is 8.83. The molecule has 0 bridgehead atoms. The van der Waals surface area contributed by atoms with Crippen LogP contribution in [0.1, 0.15) is 16.1 Å². The lowest BCUT2D eigenvalue weighted by Gasteiger charge is -1.99. The molecule has 5 heteroatoms. The number of hydrogen-bond acceptors (Lipinski definition) is 4. The molecule has 2 aromatic rings. The van der Waals surface area contributed by atoms with E-state index in [1.807, 2.05) is 0 Å². The van der Waals surface area contributed by atoms with Crippen molar-refractivity contribution >= 4 is 12.1 Å². The molecule has 1 heterocycles. The molecule has 0 spiro atoms. The SMILES string of the molecule is O=C(N/N=C\c1ccco1)c1cccc(O)c1. The number of rotatable bonds is 3. The van der Waals surface area contributed by atoms with Gasteiger partial charge in [-0.05, 0) is 30.3 Å². The molecule has 5 nitrogen and oxygen atoms in total. The minimum absolute atomic E-state index is 0.0349. The van der Waals surface area contributed by atoms with Crippen molar-refractivity contribution in [1.82, 2.24) is 5.43 Å². The van der Waals surface area contributed by atoms with Crippen molar-refractivity contribution in [2.75, 3.05) is 0 Å². The topological polar surface area (TPSA) is 74.8 Å². The number of aromatic hydroxyl groups is 1. The largest absolute Gasteiger partial charge is 0.508 e. The summed E-state index contributed by atoms with van der Waals surface area (Å²) in [4.78, 5) is 11.6. The Hall–Kier alpha value is -2.56. The third-order valence-electron chi connectivity index (χ3n) is 2.01. The summed E-state index contributed by atoms with van der Waals surface area (Å²) in [7, 11) is 0. The molecule has 2 rings (SSSR count). The van der Waals surface area contributed by atoms with Gasteiger partial charge in [0, 0.05) is 5.56 Å². The molecular formula is C12H10N2O3. The van der Waals surface area contributed by atoms with Gasteiger partial charge in [0.2, 0.25) is 0 Å². The first-order chi connectivity index (χ1) is 8.25. The van der Waals surface area contributed by atoms with Crippen molar-refractivity contribution in [2.45, 2.75) is 0 Å². The molecule has 0 aliphatic carbocycles. The molecule has 0 radical (unpaired) electrons. The minimum atomic E-state index is -0.399. The van der Waals surface area contributed by atoms with Gasteiger partial charge in [-0.25, -0.2) is 5.43 Å². The molecule has 1 aromatic carbocycles. The van der Waals surface area contributed by atoms with Crippen LogP contribution in [0, 0.1) is 0 Å². The van der Waals surface area contributed by atoms with E-state index in [1.165, 1.54) is 24.6 Å². The number of nitrogens with zero attached hydrogens (tertiary/aromatic N) is 1. The van der Waals surface area contributed by atoms with E-state index in [2.05, 4.69) is 10.5 Å².